The molecule has 7 heteroatoms. The lowest BCUT2D eigenvalue weighted by Crippen LogP contribution is -2.39. The summed E-state index contributed by atoms with van der Waals surface area (Å²) in [7, 11) is 0. The Balaban J connectivity index is 1.76. The van der Waals surface area contributed by atoms with Gasteiger partial charge in [0, 0.05) is 35.7 Å². The first kappa shape index (κ1) is 18.4. The van der Waals surface area contributed by atoms with Crippen molar-refractivity contribution in [3.05, 3.63) is 71.3 Å². The van der Waals surface area contributed by atoms with Gasteiger partial charge in [-0.15, -0.1) is 0 Å². The third kappa shape index (κ3) is 3.68. The highest BCUT2D eigenvalue weighted by atomic mass is 35.5. The lowest BCUT2D eigenvalue weighted by Gasteiger charge is -2.36. The van der Waals surface area contributed by atoms with Gasteiger partial charge in [0.15, 0.2) is 0 Å². The Morgan fingerprint density at radius 3 is 2.71 bits per heavy atom. The normalized spacial score (nSPS) is 16.8. The molecule has 1 aliphatic rings. The van der Waals surface area contributed by atoms with Gasteiger partial charge in [0.25, 0.3) is 5.91 Å². The second-order valence-electron chi connectivity index (χ2n) is 6.79. The van der Waals surface area contributed by atoms with Crippen LogP contribution in [0.1, 0.15) is 41.4 Å². The van der Waals surface area contributed by atoms with Crippen LogP contribution in [0.2, 0.25) is 5.02 Å². The molecule has 1 saturated heterocycles. The van der Waals surface area contributed by atoms with Gasteiger partial charge >= 0.3 is 0 Å². The molecule has 3 heterocycles. The monoisotopic (exact) mass is 393 g/mol. The molecule has 0 spiro atoms. The molecule has 0 radical (unpaired) electrons. The molecular formula is C21H20ClN5O. The van der Waals surface area contributed by atoms with Crippen LogP contribution in [0.4, 0.5) is 5.95 Å². The summed E-state index contributed by atoms with van der Waals surface area (Å²) in [6.45, 7) is 0.669. The number of rotatable bonds is 3. The minimum Gasteiger partial charge on any atom is -0.368 e. The maximum absolute atomic E-state index is 13.2. The fourth-order valence-corrected chi connectivity index (χ4v) is 3.76. The van der Waals surface area contributed by atoms with E-state index < -0.39 is 0 Å². The first-order chi connectivity index (χ1) is 13.6. The van der Waals surface area contributed by atoms with Gasteiger partial charge in [0.2, 0.25) is 5.95 Å². The quantitative estimate of drug-likeness (QED) is 0.722. The van der Waals surface area contributed by atoms with Crippen molar-refractivity contribution in [3.63, 3.8) is 0 Å². The predicted octanol–water partition coefficient (Wildman–Crippen LogP) is 4.14. The maximum atomic E-state index is 13.2. The molecule has 0 aliphatic carbocycles. The Hall–Kier alpha value is -2.99. The Kier molecular flexibility index (Phi) is 5.21. The molecular weight excluding hydrogens is 374 g/mol. The Morgan fingerprint density at radius 1 is 1.14 bits per heavy atom. The van der Waals surface area contributed by atoms with E-state index in [1.807, 2.05) is 29.2 Å². The molecule has 6 nitrogen and oxygen atoms in total. The van der Waals surface area contributed by atoms with Crippen molar-refractivity contribution >= 4 is 23.5 Å². The van der Waals surface area contributed by atoms with Gasteiger partial charge in [0.05, 0.1) is 17.3 Å². The van der Waals surface area contributed by atoms with E-state index in [1.54, 1.807) is 30.7 Å². The molecule has 1 amide bonds. The largest absolute Gasteiger partial charge is 0.368 e. The summed E-state index contributed by atoms with van der Waals surface area (Å²) in [6.07, 6.45) is 7.78. The highest BCUT2D eigenvalue weighted by Gasteiger charge is 2.32. The number of likely N-dealkylation sites (tertiary alicyclic amines) is 1. The van der Waals surface area contributed by atoms with E-state index in [9.17, 15) is 4.79 Å². The molecule has 0 bridgehead atoms. The minimum atomic E-state index is -0.169. The zero-order valence-electron chi connectivity index (χ0n) is 15.3. The number of aromatic nitrogens is 3. The number of nitrogens with zero attached hydrogens (tertiary/aromatic N) is 4. The second-order valence-corrected chi connectivity index (χ2v) is 7.22. The average molecular weight is 394 g/mol. The molecule has 142 valence electrons. The number of hydrogen-bond donors (Lipinski definition) is 1. The van der Waals surface area contributed by atoms with Crippen molar-refractivity contribution < 1.29 is 4.79 Å². The van der Waals surface area contributed by atoms with Gasteiger partial charge in [0.1, 0.15) is 0 Å². The molecule has 1 aliphatic heterocycles. The van der Waals surface area contributed by atoms with E-state index in [0.717, 1.165) is 36.1 Å². The van der Waals surface area contributed by atoms with Crippen molar-refractivity contribution in [2.75, 3.05) is 12.3 Å². The molecule has 1 fully saturated rings. The van der Waals surface area contributed by atoms with Crippen LogP contribution in [0.25, 0.3) is 11.1 Å². The molecule has 0 unspecified atom stereocenters. The van der Waals surface area contributed by atoms with Gasteiger partial charge in [-0.25, -0.2) is 9.97 Å². The smallest absolute Gasteiger partial charge is 0.255 e. The second kappa shape index (κ2) is 7.94. The van der Waals surface area contributed by atoms with Crippen molar-refractivity contribution in [1.29, 1.82) is 0 Å². The van der Waals surface area contributed by atoms with E-state index in [4.69, 9.17) is 17.3 Å². The molecule has 28 heavy (non-hydrogen) atoms. The van der Waals surface area contributed by atoms with Crippen LogP contribution >= 0.6 is 11.6 Å². The number of hydrogen-bond acceptors (Lipinski definition) is 5. The number of amides is 1. The van der Waals surface area contributed by atoms with E-state index >= 15 is 0 Å². The van der Waals surface area contributed by atoms with Gasteiger partial charge in [-0.05, 0) is 49.1 Å². The van der Waals surface area contributed by atoms with Crippen LogP contribution in [-0.4, -0.2) is 32.3 Å². The zero-order chi connectivity index (χ0) is 19.5. The van der Waals surface area contributed by atoms with Gasteiger partial charge in [-0.2, -0.15) is 0 Å². The van der Waals surface area contributed by atoms with Gasteiger partial charge in [-0.1, -0.05) is 23.7 Å². The Bertz CT molecular complexity index is 978. The molecule has 1 aromatic carbocycles. The van der Waals surface area contributed by atoms with Crippen LogP contribution in [0.5, 0.6) is 0 Å². The van der Waals surface area contributed by atoms with E-state index in [2.05, 4.69) is 15.0 Å². The number of piperidine rings is 1. The number of anilines is 1. The number of benzene rings is 1. The Morgan fingerprint density at radius 2 is 1.96 bits per heavy atom. The maximum Gasteiger partial charge on any atom is 0.255 e. The van der Waals surface area contributed by atoms with E-state index in [-0.39, 0.29) is 17.9 Å². The lowest BCUT2D eigenvalue weighted by molar-refractivity contribution is 0.0606. The number of halogens is 1. The first-order valence-electron chi connectivity index (χ1n) is 9.23. The third-order valence-electron chi connectivity index (χ3n) is 4.98. The fourth-order valence-electron chi connectivity index (χ4n) is 3.63. The lowest BCUT2D eigenvalue weighted by atomic mass is 9.93. The molecule has 3 aromatic rings. The number of carbonyl (C=O) groups excluding carboxylic acids is 1. The predicted molar refractivity (Wildman–Crippen MR) is 109 cm³/mol. The third-order valence-corrected chi connectivity index (χ3v) is 5.23. The first-order valence-corrected chi connectivity index (χ1v) is 9.60. The van der Waals surface area contributed by atoms with Gasteiger partial charge in [-0.3, -0.25) is 9.78 Å². The van der Waals surface area contributed by atoms with E-state index in [1.165, 1.54) is 0 Å². The van der Waals surface area contributed by atoms with E-state index in [0.29, 0.717) is 17.1 Å². The van der Waals surface area contributed by atoms with Crippen LogP contribution < -0.4 is 5.73 Å². The topological polar surface area (TPSA) is 85.0 Å². The SMILES string of the molecule is Nc1ncc(-c2ccc(Cl)cc2)c([C@H]2CCCCN2C(=O)c2cccnc2)n1. The number of nitrogens with two attached hydrogens (primary N) is 1. The molecule has 4 rings (SSSR count). The van der Waals surface area contributed by atoms with Crippen LogP contribution in [0.15, 0.2) is 55.0 Å². The zero-order valence-corrected chi connectivity index (χ0v) is 16.0. The van der Waals surface area contributed by atoms with Crippen molar-refractivity contribution in [1.82, 2.24) is 19.9 Å². The summed E-state index contributed by atoms with van der Waals surface area (Å²) in [6, 6.07) is 10.9. The van der Waals surface area contributed by atoms with Crippen LogP contribution in [-0.2, 0) is 0 Å². The Labute approximate surface area is 168 Å². The molecule has 0 saturated carbocycles. The average Bonchev–Trinajstić information content (AvgIpc) is 2.74. The summed E-state index contributed by atoms with van der Waals surface area (Å²) in [5.41, 5.74) is 9.06. The van der Waals surface area contributed by atoms with Gasteiger partial charge < -0.3 is 10.6 Å². The number of pyridine rings is 1. The van der Waals surface area contributed by atoms with Crippen molar-refractivity contribution in [2.24, 2.45) is 0 Å². The number of nitrogen functional groups attached to an aromatic ring is 1. The minimum absolute atomic E-state index is 0.0444. The molecule has 1 atom stereocenters. The van der Waals surface area contributed by atoms with Crippen LogP contribution in [0, 0.1) is 0 Å². The van der Waals surface area contributed by atoms with Crippen molar-refractivity contribution in [3.8, 4) is 11.1 Å². The van der Waals surface area contributed by atoms with Crippen LogP contribution in [0.3, 0.4) is 0 Å². The summed E-state index contributed by atoms with van der Waals surface area (Å²) in [5.74, 6) is 0.157. The summed E-state index contributed by atoms with van der Waals surface area (Å²) in [4.78, 5) is 27.8. The number of carbonyl (C=O) groups is 1. The summed E-state index contributed by atoms with van der Waals surface area (Å²) >= 11 is 6.04. The molecule has 2 aromatic heterocycles. The van der Waals surface area contributed by atoms with Crippen molar-refractivity contribution in [2.45, 2.75) is 25.3 Å². The summed E-state index contributed by atoms with van der Waals surface area (Å²) < 4.78 is 0. The highest BCUT2D eigenvalue weighted by molar-refractivity contribution is 6.30. The standard InChI is InChI=1S/C21H20ClN5O/c22-16-8-6-14(7-9-16)17-13-25-21(23)26-19(17)18-5-1-2-11-27(18)20(28)15-4-3-10-24-12-15/h3-4,6-10,12-13,18H,1-2,5,11H2,(H2,23,25,26)/t18-/m1/s1. The fraction of sp³-hybridized carbons (Fsp3) is 0.238. The highest BCUT2D eigenvalue weighted by Crippen LogP contribution is 2.36. The summed E-state index contributed by atoms with van der Waals surface area (Å²) in [5, 5.41) is 0.660. The molecule has 2 N–H and O–H groups in total.